The van der Waals surface area contributed by atoms with Crippen LogP contribution in [0.25, 0.3) is 0 Å². The van der Waals surface area contributed by atoms with Crippen molar-refractivity contribution in [2.24, 2.45) is 11.7 Å². The predicted molar refractivity (Wildman–Crippen MR) is 82.6 cm³/mol. The van der Waals surface area contributed by atoms with Crippen LogP contribution in [0.5, 0.6) is 5.75 Å². The van der Waals surface area contributed by atoms with E-state index in [1.165, 1.54) is 0 Å². The Morgan fingerprint density at radius 2 is 2.11 bits per heavy atom. The summed E-state index contributed by atoms with van der Waals surface area (Å²) in [6.07, 6.45) is 2.25. The highest BCUT2D eigenvalue weighted by Gasteiger charge is 2.28. The van der Waals surface area contributed by atoms with Crippen LogP contribution in [-0.4, -0.2) is 28.1 Å². The van der Waals surface area contributed by atoms with Crippen LogP contribution in [0.2, 0.25) is 5.02 Å². The van der Waals surface area contributed by atoms with Gasteiger partial charge in [0, 0.05) is 10.6 Å². The number of nitrogens with two attached hydrogens (primary N) is 1. The van der Waals surface area contributed by atoms with E-state index in [-0.39, 0.29) is 11.8 Å². The number of likely N-dealkylation sites (tertiary alicyclic amines) is 1. The third-order valence-electron chi connectivity index (χ3n) is 3.74. The van der Waals surface area contributed by atoms with Crippen molar-refractivity contribution in [3.63, 3.8) is 0 Å². The zero-order valence-electron chi connectivity index (χ0n) is 11.0. The Morgan fingerprint density at radius 1 is 1.47 bits per heavy atom. The van der Waals surface area contributed by atoms with Gasteiger partial charge in [0.2, 0.25) is 0 Å². The summed E-state index contributed by atoms with van der Waals surface area (Å²) >= 11 is 11.2. The molecule has 104 valence electrons. The Kier molecular flexibility index (Phi) is 4.66. The highest BCUT2D eigenvalue weighted by Crippen LogP contribution is 2.33. The molecular formula is C14H19ClN2OS. The molecular weight excluding hydrogens is 280 g/mol. The minimum absolute atomic E-state index is 0.195. The zero-order valence-corrected chi connectivity index (χ0v) is 12.5. The molecule has 19 heavy (non-hydrogen) atoms. The second-order valence-corrected chi connectivity index (χ2v) is 6.13. The molecule has 2 rings (SSSR count). The van der Waals surface area contributed by atoms with Crippen LogP contribution >= 0.6 is 23.8 Å². The zero-order chi connectivity index (χ0) is 14.0. The topological polar surface area (TPSA) is 49.5 Å². The van der Waals surface area contributed by atoms with E-state index >= 15 is 0 Å². The van der Waals surface area contributed by atoms with Crippen LogP contribution in [0.3, 0.4) is 0 Å². The van der Waals surface area contributed by atoms with E-state index in [0.29, 0.717) is 15.6 Å². The molecule has 1 saturated heterocycles. The van der Waals surface area contributed by atoms with Gasteiger partial charge in [0.05, 0.1) is 11.0 Å². The molecule has 0 saturated carbocycles. The second-order valence-electron chi connectivity index (χ2n) is 5.23. The molecule has 0 aliphatic carbocycles. The van der Waals surface area contributed by atoms with Crippen LogP contribution in [-0.2, 0) is 0 Å². The maximum absolute atomic E-state index is 10.0. The quantitative estimate of drug-likeness (QED) is 0.842. The van der Waals surface area contributed by atoms with Gasteiger partial charge >= 0.3 is 0 Å². The Bertz CT molecular complexity index is 473. The van der Waals surface area contributed by atoms with E-state index < -0.39 is 0 Å². The number of aromatic hydroxyl groups is 1. The summed E-state index contributed by atoms with van der Waals surface area (Å²) in [6.45, 7) is 4.13. The number of phenols is 1. The average molecular weight is 299 g/mol. The van der Waals surface area contributed by atoms with E-state index in [4.69, 9.17) is 29.6 Å². The van der Waals surface area contributed by atoms with Gasteiger partial charge in [-0.15, -0.1) is 0 Å². The third-order valence-corrected chi connectivity index (χ3v) is 4.20. The van der Waals surface area contributed by atoms with Crippen molar-refractivity contribution in [2.75, 3.05) is 13.1 Å². The Labute approximate surface area is 124 Å². The maximum Gasteiger partial charge on any atom is 0.120 e. The lowest BCUT2D eigenvalue weighted by Crippen LogP contribution is -2.41. The number of thiocarbonyl (C=S) groups is 1. The highest BCUT2D eigenvalue weighted by atomic mass is 35.5. The maximum atomic E-state index is 10.0. The average Bonchev–Trinajstić information content (AvgIpc) is 2.36. The first kappa shape index (κ1) is 14.6. The predicted octanol–water partition coefficient (Wildman–Crippen LogP) is 3.10. The molecule has 3 nitrogen and oxygen atoms in total. The molecule has 0 spiro atoms. The molecule has 1 heterocycles. The molecule has 3 N–H and O–H groups in total. The molecule has 1 aromatic carbocycles. The SMILES string of the molecule is CC1CCN(C(C(N)=S)c2cc(Cl)ccc2O)CC1. The number of hydrogen-bond acceptors (Lipinski definition) is 3. The molecule has 1 unspecified atom stereocenters. The minimum atomic E-state index is -0.235. The monoisotopic (exact) mass is 298 g/mol. The van der Waals surface area contributed by atoms with E-state index in [0.717, 1.165) is 31.8 Å². The second kappa shape index (κ2) is 6.07. The summed E-state index contributed by atoms with van der Waals surface area (Å²) in [5.74, 6) is 0.928. The smallest absolute Gasteiger partial charge is 0.120 e. The standard InChI is InChI=1S/C14H19ClN2OS/c1-9-4-6-17(7-5-9)13(14(16)19)11-8-10(15)2-3-12(11)18/h2-3,8-9,13,18H,4-7H2,1H3,(H2,16,19). The summed E-state index contributed by atoms with van der Waals surface area (Å²) < 4.78 is 0. The van der Waals surface area contributed by atoms with Crippen LogP contribution in [0, 0.1) is 5.92 Å². The van der Waals surface area contributed by atoms with E-state index in [9.17, 15) is 5.11 Å². The molecule has 0 bridgehead atoms. The fourth-order valence-corrected chi connectivity index (χ4v) is 3.02. The van der Waals surface area contributed by atoms with Gasteiger partial charge in [-0.25, -0.2) is 0 Å². The number of piperidine rings is 1. The lowest BCUT2D eigenvalue weighted by atomic mass is 9.95. The molecule has 0 radical (unpaired) electrons. The van der Waals surface area contributed by atoms with Gasteiger partial charge in [-0.3, -0.25) is 4.90 Å². The third kappa shape index (κ3) is 3.38. The molecule has 1 atom stereocenters. The fraction of sp³-hybridized carbons (Fsp3) is 0.500. The molecule has 1 aromatic rings. The van der Waals surface area contributed by atoms with Crippen molar-refractivity contribution >= 4 is 28.8 Å². The number of nitrogens with zero attached hydrogens (tertiary/aromatic N) is 1. The summed E-state index contributed by atoms with van der Waals surface area (Å²) in [4.78, 5) is 2.61. The first-order valence-corrected chi connectivity index (χ1v) is 7.29. The van der Waals surface area contributed by atoms with Crippen LogP contribution in [0.1, 0.15) is 31.4 Å². The first-order chi connectivity index (χ1) is 8.99. The Balaban J connectivity index is 2.30. The number of benzene rings is 1. The summed E-state index contributed by atoms with van der Waals surface area (Å²) in [7, 11) is 0. The van der Waals surface area contributed by atoms with Gasteiger partial charge in [-0.05, 0) is 50.0 Å². The van der Waals surface area contributed by atoms with E-state index in [1.54, 1.807) is 18.2 Å². The first-order valence-electron chi connectivity index (χ1n) is 6.51. The number of halogens is 1. The lowest BCUT2D eigenvalue weighted by Gasteiger charge is -2.36. The van der Waals surface area contributed by atoms with E-state index in [1.807, 2.05) is 0 Å². The van der Waals surface area contributed by atoms with Crippen LogP contribution < -0.4 is 5.73 Å². The number of rotatable bonds is 3. The number of hydrogen-bond donors (Lipinski definition) is 2. The van der Waals surface area contributed by atoms with Crippen LogP contribution in [0.4, 0.5) is 0 Å². The normalized spacial score (nSPS) is 19.3. The van der Waals surface area contributed by atoms with Crippen molar-refractivity contribution in [1.82, 2.24) is 4.90 Å². The fourth-order valence-electron chi connectivity index (χ4n) is 2.56. The van der Waals surface area contributed by atoms with Crippen molar-refractivity contribution in [3.05, 3.63) is 28.8 Å². The van der Waals surface area contributed by atoms with Crippen LogP contribution in [0.15, 0.2) is 18.2 Å². The van der Waals surface area contributed by atoms with Gasteiger partial charge in [0.15, 0.2) is 0 Å². The van der Waals surface area contributed by atoms with Gasteiger partial charge in [-0.2, -0.15) is 0 Å². The number of phenolic OH excluding ortho intramolecular Hbond substituents is 1. The Hall–Kier alpha value is -0.840. The van der Waals surface area contributed by atoms with Crippen molar-refractivity contribution in [3.8, 4) is 5.75 Å². The molecule has 0 amide bonds. The molecule has 0 aromatic heterocycles. The van der Waals surface area contributed by atoms with Crippen molar-refractivity contribution in [2.45, 2.75) is 25.8 Å². The van der Waals surface area contributed by atoms with Gasteiger partial charge < -0.3 is 10.8 Å². The van der Waals surface area contributed by atoms with Gasteiger partial charge in [0.25, 0.3) is 0 Å². The summed E-state index contributed by atoms with van der Waals surface area (Å²) in [6, 6.07) is 4.77. The van der Waals surface area contributed by atoms with Crippen molar-refractivity contribution < 1.29 is 5.11 Å². The van der Waals surface area contributed by atoms with E-state index in [2.05, 4.69) is 11.8 Å². The summed E-state index contributed by atoms with van der Waals surface area (Å²) in [5.41, 5.74) is 6.59. The largest absolute Gasteiger partial charge is 0.508 e. The minimum Gasteiger partial charge on any atom is -0.508 e. The molecule has 1 fully saturated rings. The van der Waals surface area contributed by atoms with Gasteiger partial charge in [0.1, 0.15) is 5.75 Å². The Morgan fingerprint density at radius 3 is 2.68 bits per heavy atom. The lowest BCUT2D eigenvalue weighted by molar-refractivity contribution is 0.169. The molecule has 5 heteroatoms. The summed E-state index contributed by atoms with van der Waals surface area (Å²) in [5, 5.41) is 10.6. The van der Waals surface area contributed by atoms with Gasteiger partial charge in [-0.1, -0.05) is 30.7 Å². The molecule has 1 aliphatic heterocycles. The highest BCUT2D eigenvalue weighted by molar-refractivity contribution is 7.80. The van der Waals surface area contributed by atoms with Crippen molar-refractivity contribution in [1.29, 1.82) is 0 Å². The molecule has 1 aliphatic rings.